The molecule has 0 spiro atoms. The Kier molecular flexibility index (Phi) is 5.11. The smallest absolute Gasteiger partial charge is 0.131 e. The van der Waals surface area contributed by atoms with Gasteiger partial charge in [0, 0.05) is 16.1 Å². The van der Waals surface area contributed by atoms with E-state index in [-0.39, 0.29) is 11.9 Å². The highest BCUT2D eigenvalue weighted by Crippen LogP contribution is 2.24. The number of hydrazine groups is 1. The molecule has 0 saturated heterocycles. The lowest BCUT2D eigenvalue weighted by Gasteiger charge is -2.17. The van der Waals surface area contributed by atoms with Crippen molar-refractivity contribution in [1.82, 2.24) is 5.43 Å². The summed E-state index contributed by atoms with van der Waals surface area (Å²) < 4.78 is 20.1. The van der Waals surface area contributed by atoms with Crippen LogP contribution in [0.2, 0.25) is 0 Å². The van der Waals surface area contributed by atoms with Crippen molar-refractivity contribution in [3.8, 4) is 5.75 Å². The van der Waals surface area contributed by atoms with E-state index in [4.69, 9.17) is 10.6 Å². The van der Waals surface area contributed by atoms with Crippen molar-refractivity contribution in [3.05, 3.63) is 63.9 Å². The van der Waals surface area contributed by atoms with Crippen molar-refractivity contribution >= 4 is 15.9 Å². The van der Waals surface area contributed by atoms with E-state index in [1.54, 1.807) is 12.1 Å². The molecule has 0 aliphatic carbocycles. The summed E-state index contributed by atoms with van der Waals surface area (Å²) in [5.41, 5.74) is 4.27. The van der Waals surface area contributed by atoms with E-state index < -0.39 is 0 Å². The minimum absolute atomic E-state index is 0.290. The Morgan fingerprint density at radius 1 is 1.25 bits per heavy atom. The van der Waals surface area contributed by atoms with Gasteiger partial charge in [0.2, 0.25) is 0 Å². The van der Waals surface area contributed by atoms with E-state index in [1.165, 1.54) is 13.2 Å². The zero-order valence-corrected chi connectivity index (χ0v) is 12.7. The van der Waals surface area contributed by atoms with Gasteiger partial charge in [-0.3, -0.25) is 11.3 Å². The van der Waals surface area contributed by atoms with Gasteiger partial charge in [-0.05, 0) is 30.2 Å². The van der Waals surface area contributed by atoms with Crippen molar-refractivity contribution in [2.75, 3.05) is 7.11 Å². The number of methoxy groups -OCH3 is 1. The Balaban J connectivity index is 2.21. The highest BCUT2D eigenvalue weighted by atomic mass is 79.9. The van der Waals surface area contributed by atoms with E-state index in [0.29, 0.717) is 17.7 Å². The van der Waals surface area contributed by atoms with Crippen LogP contribution in [-0.4, -0.2) is 7.11 Å². The summed E-state index contributed by atoms with van der Waals surface area (Å²) in [5, 5.41) is 0. The molecule has 0 bridgehead atoms. The highest BCUT2D eigenvalue weighted by Gasteiger charge is 2.15. The maximum atomic E-state index is 14.1. The Labute approximate surface area is 126 Å². The van der Waals surface area contributed by atoms with Gasteiger partial charge in [-0.15, -0.1) is 0 Å². The third kappa shape index (κ3) is 3.56. The fraction of sp³-hybridized carbons (Fsp3) is 0.200. The first-order valence-corrected chi connectivity index (χ1v) is 6.97. The number of rotatable bonds is 5. The minimum atomic E-state index is -0.329. The van der Waals surface area contributed by atoms with Crippen molar-refractivity contribution in [2.24, 2.45) is 5.84 Å². The Bertz CT molecular complexity index is 575. The number of hydrogen-bond donors (Lipinski definition) is 2. The SMILES string of the molecule is COc1ccc(C(Cc2ccc(Br)cc2)NN)c(F)c1. The van der Waals surface area contributed by atoms with Gasteiger partial charge in [0.1, 0.15) is 11.6 Å². The third-order valence-corrected chi connectivity index (χ3v) is 3.67. The number of ether oxygens (including phenoxy) is 1. The van der Waals surface area contributed by atoms with Crippen LogP contribution < -0.4 is 16.0 Å². The Morgan fingerprint density at radius 2 is 1.95 bits per heavy atom. The summed E-state index contributed by atoms with van der Waals surface area (Å²) in [6.45, 7) is 0. The molecular formula is C15H16BrFN2O. The summed E-state index contributed by atoms with van der Waals surface area (Å²) in [4.78, 5) is 0. The van der Waals surface area contributed by atoms with Crippen LogP contribution in [0.1, 0.15) is 17.2 Å². The van der Waals surface area contributed by atoms with Crippen molar-refractivity contribution < 1.29 is 9.13 Å². The quantitative estimate of drug-likeness (QED) is 0.649. The predicted octanol–water partition coefficient (Wildman–Crippen LogP) is 3.34. The van der Waals surface area contributed by atoms with Gasteiger partial charge in [0.15, 0.2) is 0 Å². The second-order valence-electron chi connectivity index (χ2n) is 4.44. The molecule has 1 atom stereocenters. The summed E-state index contributed by atoms with van der Waals surface area (Å²) in [7, 11) is 1.51. The van der Waals surface area contributed by atoms with Crippen molar-refractivity contribution in [2.45, 2.75) is 12.5 Å². The first-order valence-electron chi connectivity index (χ1n) is 6.18. The van der Waals surface area contributed by atoms with Crippen LogP contribution in [-0.2, 0) is 6.42 Å². The maximum Gasteiger partial charge on any atom is 0.131 e. The van der Waals surface area contributed by atoms with Gasteiger partial charge in [0.05, 0.1) is 13.2 Å². The average molecular weight is 339 g/mol. The average Bonchev–Trinajstić information content (AvgIpc) is 2.47. The number of benzene rings is 2. The third-order valence-electron chi connectivity index (χ3n) is 3.14. The molecule has 3 N–H and O–H groups in total. The van der Waals surface area contributed by atoms with Crippen molar-refractivity contribution in [1.29, 1.82) is 0 Å². The molecule has 0 saturated carbocycles. The molecule has 0 radical (unpaired) electrons. The van der Waals surface area contributed by atoms with Gasteiger partial charge in [-0.1, -0.05) is 34.1 Å². The second-order valence-corrected chi connectivity index (χ2v) is 5.35. The fourth-order valence-corrected chi connectivity index (χ4v) is 2.30. The van der Waals surface area contributed by atoms with Crippen LogP contribution in [0.25, 0.3) is 0 Å². The monoisotopic (exact) mass is 338 g/mol. The first-order chi connectivity index (χ1) is 9.63. The molecule has 0 aliphatic rings. The molecule has 0 fully saturated rings. The molecule has 0 heterocycles. The number of nitrogens with one attached hydrogen (secondary N) is 1. The Hall–Kier alpha value is -1.43. The van der Waals surface area contributed by atoms with E-state index >= 15 is 0 Å². The lowest BCUT2D eigenvalue weighted by atomic mass is 9.99. The van der Waals surface area contributed by atoms with Crippen LogP contribution in [0.4, 0.5) is 4.39 Å². The number of halogens is 2. The van der Waals surface area contributed by atoms with Crippen LogP contribution in [0.5, 0.6) is 5.75 Å². The lowest BCUT2D eigenvalue weighted by Crippen LogP contribution is -2.30. The second kappa shape index (κ2) is 6.83. The zero-order chi connectivity index (χ0) is 14.5. The van der Waals surface area contributed by atoms with Crippen molar-refractivity contribution in [3.63, 3.8) is 0 Å². The number of hydrogen-bond acceptors (Lipinski definition) is 3. The van der Waals surface area contributed by atoms with Gasteiger partial charge in [-0.25, -0.2) is 4.39 Å². The van der Waals surface area contributed by atoms with E-state index in [1.807, 2.05) is 24.3 Å². The minimum Gasteiger partial charge on any atom is -0.497 e. The molecule has 5 heteroatoms. The Morgan fingerprint density at radius 3 is 2.50 bits per heavy atom. The molecule has 3 nitrogen and oxygen atoms in total. The van der Waals surface area contributed by atoms with Crippen LogP contribution in [0, 0.1) is 5.82 Å². The summed E-state index contributed by atoms with van der Waals surface area (Å²) in [6.07, 6.45) is 0.604. The van der Waals surface area contributed by atoms with Crippen LogP contribution in [0.3, 0.4) is 0 Å². The van der Waals surface area contributed by atoms with Gasteiger partial charge in [0.25, 0.3) is 0 Å². The lowest BCUT2D eigenvalue weighted by molar-refractivity contribution is 0.409. The summed E-state index contributed by atoms with van der Waals surface area (Å²) in [5.74, 6) is 5.73. The van der Waals surface area contributed by atoms with Crippen LogP contribution >= 0.6 is 15.9 Å². The van der Waals surface area contributed by atoms with Gasteiger partial charge in [-0.2, -0.15) is 0 Å². The largest absolute Gasteiger partial charge is 0.497 e. The zero-order valence-electron chi connectivity index (χ0n) is 11.1. The molecule has 1 unspecified atom stereocenters. The van der Waals surface area contributed by atoms with E-state index in [2.05, 4.69) is 21.4 Å². The number of nitrogens with two attached hydrogens (primary N) is 1. The standard InChI is InChI=1S/C15H16BrFN2O/c1-20-12-6-7-13(14(17)9-12)15(19-18)8-10-2-4-11(16)5-3-10/h2-7,9,15,19H,8,18H2,1H3. The van der Waals surface area contributed by atoms with Gasteiger partial charge < -0.3 is 4.74 Å². The molecule has 106 valence electrons. The summed E-state index contributed by atoms with van der Waals surface area (Å²) >= 11 is 3.39. The van der Waals surface area contributed by atoms with E-state index in [0.717, 1.165) is 10.0 Å². The normalized spacial score (nSPS) is 12.2. The molecule has 0 aromatic heterocycles. The fourth-order valence-electron chi connectivity index (χ4n) is 2.03. The van der Waals surface area contributed by atoms with Gasteiger partial charge >= 0.3 is 0 Å². The first kappa shape index (κ1) is 15.0. The molecule has 20 heavy (non-hydrogen) atoms. The summed E-state index contributed by atoms with van der Waals surface area (Å²) in [6, 6.07) is 12.4. The van der Waals surface area contributed by atoms with E-state index in [9.17, 15) is 4.39 Å². The molecule has 2 aromatic rings. The maximum absolute atomic E-state index is 14.1. The molecule has 2 rings (SSSR count). The molecular weight excluding hydrogens is 323 g/mol. The molecule has 0 amide bonds. The predicted molar refractivity (Wildman–Crippen MR) is 80.9 cm³/mol. The topological polar surface area (TPSA) is 47.3 Å². The van der Waals surface area contributed by atoms with Crippen LogP contribution in [0.15, 0.2) is 46.9 Å². The molecule has 2 aromatic carbocycles. The highest BCUT2D eigenvalue weighted by molar-refractivity contribution is 9.10. The molecule has 0 aliphatic heterocycles.